The molecule has 1 amide bonds. The molecule has 0 aliphatic rings. The Morgan fingerprint density at radius 2 is 1.90 bits per heavy atom. The van der Waals surface area contributed by atoms with Crippen LogP contribution < -0.4 is 10.9 Å². The van der Waals surface area contributed by atoms with Crippen LogP contribution in [0.4, 0.5) is 5.69 Å². The Bertz CT molecular complexity index is 1230. The van der Waals surface area contributed by atoms with Gasteiger partial charge in [-0.25, -0.2) is 9.67 Å². The SMILES string of the molecule is Cc1ccc(-n2ncc3c(=O)[nH]c(SCC(=O)Nc4ccc(Br)cc4)nc32)cc1. The molecule has 2 aromatic carbocycles. The summed E-state index contributed by atoms with van der Waals surface area (Å²) in [5.41, 5.74) is 2.81. The van der Waals surface area contributed by atoms with Gasteiger partial charge in [-0.05, 0) is 43.3 Å². The molecule has 9 heteroatoms. The number of hydrogen-bond donors (Lipinski definition) is 2. The topological polar surface area (TPSA) is 92.7 Å². The second kappa shape index (κ2) is 8.22. The minimum atomic E-state index is -0.288. The van der Waals surface area contributed by atoms with Crippen molar-refractivity contribution >= 4 is 50.3 Å². The predicted octanol–water partition coefficient (Wildman–Crippen LogP) is 3.91. The summed E-state index contributed by atoms with van der Waals surface area (Å²) in [6.45, 7) is 2.00. The van der Waals surface area contributed by atoms with Gasteiger partial charge in [0, 0.05) is 10.2 Å². The number of carbonyl (C=O) groups is 1. The van der Waals surface area contributed by atoms with Gasteiger partial charge in [0.2, 0.25) is 5.91 Å². The van der Waals surface area contributed by atoms with E-state index in [1.807, 2.05) is 43.3 Å². The number of amides is 1. The summed E-state index contributed by atoms with van der Waals surface area (Å²) in [4.78, 5) is 31.8. The van der Waals surface area contributed by atoms with Gasteiger partial charge in [0.05, 0.1) is 17.6 Å². The van der Waals surface area contributed by atoms with Gasteiger partial charge in [-0.3, -0.25) is 9.59 Å². The third-order valence-electron chi connectivity index (χ3n) is 4.16. The number of aromatic amines is 1. The van der Waals surface area contributed by atoms with E-state index >= 15 is 0 Å². The fourth-order valence-electron chi connectivity index (χ4n) is 2.71. The molecule has 0 fully saturated rings. The highest BCUT2D eigenvalue weighted by molar-refractivity contribution is 9.10. The van der Waals surface area contributed by atoms with Gasteiger partial charge in [0.1, 0.15) is 5.39 Å². The lowest BCUT2D eigenvalue weighted by atomic mass is 10.2. The van der Waals surface area contributed by atoms with Crippen molar-refractivity contribution in [3.8, 4) is 5.69 Å². The molecule has 0 spiro atoms. The van der Waals surface area contributed by atoms with Crippen molar-refractivity contribution in [3.05, 3.63) is 75.1 Å². The van der Waals surface area contributed by atoms with E-state index in [-0.39, 0.29) is 17.2 Å². The number of nitrogens with one attached hydrogen (secondary N) is 2. The van der Waals surface area contributed by atoms with E-state index in [0.29, 0.717) is 21.9 Å². The van der Waals surface area contributed by atoms with Gasteiger partial charge in [-0.1, -0.05) is 45.4 Å². The number of rotatable bonds is 5. The number of nitrogens with zero attached hydrogens (tertiary/aromatic N) is 3. The van der Waals surface area contributed by atoms with Crippen molar-refractivity contribution in [1.82, 2.24) is 19.7 Å². The maximum absolute atomic E-state index is 12.4. The predicted molar refractivity (Wildman–Crippen MR) is 118 cm³/mol. The van der Waals surface area contributed by atoms with Gasteiger partial charge in [-0.15, -0.1) is 0 Å². The highest BCUT2D eigenvalue weighted by Gasteiger charge is 2.13. The van der Waals surface area contributed by atoms with Crippen molar-refractivity contribution in [2.45, 2.75) is 12.1 Å². The van der Waals surface area contributed by atoms with Crippen molar-refractivity contribution in [1.29, 1.82) is 0 Å². The molecule has 0 atom stereocenters. The Morgan fingerprint density at radius 1 is 1.17 bits per heavy atom. The number of thioether (sulfide) groups is 1. The normalized spacial score (nSPS) is 11.0. The zero-order chi connectivity index (χ0) is 20.4. The first-order valence-corrected chi connectivity index (χ1v) is 10.5. The molecule has 0 bridgehead atoms. The molecular formula is C20H16BrN5O2S. The molecule has 7 nitrogen and oxygen atoms in total. The lowest BCUT2D eigenvalue weighted by Crippen LogP contribution is -2.15. The van der Waals surface area contributed by atoms with Crippen LogP contribution in [-0.4, -0.2) is 31.4 Å². The second-order valence-electron chi connectivity index (χ2n) is 6.34. The average molecular weight is 470 g/mol. The molecule has 4 aromatic rings. The first kappa shape index (κ1) is 19.4. The van der Waals surface area contributed by atoms with E-state index in [9.17, 15) is 9.59 Å². The van der Waals surface area contributed by atoms with E-state index in [1.165, 1.54) is 6.20 Å². The van der Waals surface area contributed by atoms with Crippen molar-refractivity contribution in [3.63, 3.8) is 0 Å². The summed E-state index contributed by atoms with van der Waals surface area (Å²) in [5.74, 6) is -0.0736. The molecule has 0 aliphatic carbocycles. The lowest BCUT2D eigenvalue weighted by Gasteiger charge is -2.06. The third-order valence-corrected chi connectivity index (χ3v) is 5.56. The molecule has 0 saturated carbocycles. The zero-order valence-electron chi connectivity index (χ0n) is 15.3. The highest BCUT2D eigenvalue weighted by atomic mass is 79.9. The molecule has 29 heavy (non-hydrogen) atoms. The first-order chi connectivity index (χ1) is 14.0. The number of aromatic nitrogens is 4. The molecule has 146 valence electrons. The summed E-state index contributed by atoms with van der Waals surface area (Å²) in [5, 5.41) is 7.87. The third kappa shape index (κ3) is 4.41. The molecule has 2 N–H and O–H groups in total. The van der Waals surface area contributed by atoms with Gasteiger partial charge >= 0.3 is 0 Å². The molecule has 0 unspecified atom stereocenters. The lowest BCUT2D eigenvalue weighted by molar-refractivity contribution is -0.113. The molecule has 4 rings (SSSR count). The number of carbonyl (C=O) groups excluding carboxylic acids is 1. The quantitative estimate of drug-likeness (QED) is 0.341. The van der Waals surface area contributed by atoms with Gasteiger partial charge < -0.3 is 10.3 Å². The zero-order valence-corrected chi connectivity index (χ0v) is 17.8. The van der Waals surface area contributed by atoms with E-state index in [0.717, 1.165) is 27.5 Å². The molecule has 0 radical (unpaired) electrons. The fraction of sp³-hybridized carbons (Fsp3) is 0.100. The van der Waals surface area contributed by atoms with Crippen LogP contribution in [0.15, 0.2) is 69.2 Å². The summed E-state index contributed by atoms with van der Waals surface area (Å²) in [7, 11) is 0. The number of benzene rings is 2. The summed E-state index contributed by atoms with van der Waals surface area (Å²) >= 11 is 4.52. The van der Waals surface area contributed by atoms with Crippen LogP contribution >= 0.6 is 27.7 Å². The van der Waals surface area contributed by atoms with Crippen molar-refractivity contribution < 1.29 is 4.79 Å². The number of halogens is 1. The standard InChI is InChI=1S/C20H16BrN5O2S/c1-12-2-8-15(9-3-12)26-18-16(10-22-26)19(28)25-20(24-18)29-11-17(27)23-14-6-4-13(21)5-7-14/h2-10H,11H2,1H3,(H,23,27)(H,24,25,28). The highest BCUT2D eigenvalue weighted by Crippen LogP contribution is 2.19. The smallest absolute Gasteiger partial charge is 0.262 e. The average Bonchev–Trinajstić information content (AvgIpc) is 3.13. The molecule has 2 aromatic heterocycles. The van der Waals surface area contributed by atoms with Crippen LogP contribution in [0.2, 0.25) is 0 Å². The minimum absolute atomic E-state index is 0.114. The van der Waals surface area contributed by atoms with E-state index in [4.69, 9.17) is 0 Å². The Labute approximate surface area is 178 Å². The molecule has 0 saturated heterocycles. The van der Waals surface area contributed by atoms with E-state index in [2.05, 4.69) is 36.3 Å². The number of fused-ring (bicyclic) bond motifs is 1. The summed E-state index contributed by atoms with van der Waals surface area (Å²) < 4.78 is 2.56. The number of anilines is 1. The Balaban J connectivity index is 1.54. The minimum Gasteiger partial charge on any atom is -0.325 e. The number of aryl methyl sites for hydroxylation is 1. The Morgan fingerprint density at radius 3 is 2.62 bits per heavy atom. The maximum atomic E-state index is 12.4. The van der Waals surface area contributed by atoms with Gasteiger partial charge in [-0.2, -0.15) is 5.10 Å². The van der Waals surface area contributed by atoms with E-state index < -0.39 is 0 Å². The van der Waals surface area contributed by atoms with Crippen LogP contribution in [0.25, 0.3) is 16.7 Å². The van der Waals surface area contributed by atoms with Crippen LogP contribution in [0.5, 0.6) is 0 Å². The van der Waals surface area contributed by atoms with Crippen molar-refractivity contribution in [2.24, 2.45) is 0 Å². The molecular weight excluding hydrogens is 454 g/mol. The number of hydrogen-bond acceptors (Lipinski definition) is 5. The van der Waals surface area contributed by atoms with Gasteiger partial charge in [0.15, 0.2) is 10.8 Å². The summed E-state index contributed by atoms with van der Waals surface area (Å²) in [6.07, 6.45) is 1.50. The van der Waals surface area contributed by atoms with Crippen molar-refractivity contribution in [2.75, 3.05) is 11.1 Å². The molecule has 2 heterocycles. The van der Waals surface area contributed by atoms with Crippen LogP contribution in [0.1, 0.15) is 5.56 Å². The Hall–Kier alpha value is -2.91. The monoisotopic (exact) mass is 469 g/mol. The second-order valence-corrected chi connectivity index (χ2v) is 8.22. The van der Waals surface area contributed by atoms with Crippen LogP contribution in [0, 0.1) is 6.92 Å². The molecule has 0 aliphatic heterocycles. The van der Waals surface area contributed by atoms with Crippen LogP contribution in [-0.2, 0) is 4.79 Å². The van der Waals surface area contributed by atoms with E-state index in [1.54, 1.807) is 16.8 Å². The van der Waals surface area contributed by atoms with Crippen LogP contribution in [0.3, 0.4) is 0 Å². The maximum Gasteiger partial charge on any atom is 0.262 e. The largest absolute Gasteiger partial charge is 0.325 e. The fourth-order valence-corrected chi connectivity index (χ4v) is 3.63. The van der Waals surface area contributed by atoms with Gasteiger partial charge in [0.25, 0.3) is 5.56 Å². The summed E-state index contributed by atoms with van der Waals surface area (Å²) in [6, 6.07) is 15.1. The first-order valence-electron chi connectivity index (χ1n) is 8.73. The number of H-pyrrole nitrogens is 1. The Kier molecular flexibility index (Phi) is 5.50.